The second-order valence-corrected chi connectivity index (χ2v) is 5.70. The molecule has 7 nitrogen and oxygen atoms in total. The number of hydrogen-bond acceptors (Lipinski definition) is 4. The Bertz CT molecular complexity index is 921. The minimum absolute atomic E-state index is 0.130. The molecule has 0 saturated carbocycles. The van der Waals surface area contributed by atoms with E-state index in [1.54, 1.807) is 28.9 Å². The van der Waals surface area contributed by atoms with Crippen LogP contribution in [0, 0.1) is 0 Å². The van der Waals surface area contributed by atoms with Crippen molar-refractivity contribution in [3.8, 4) is 0 Å². The summed E-state index contributed by atoms with van der Waals surface area (Å²) >= 11 is 0. The lowest BCUT2D eigenvalue weighted by molar-refractivity contribution is -0.117. The molecule has 2 heterocycles. The second kappa shape index (κ2) is 6.20. The fraction of sp³-hybridized carbons (Fsp3) is 0.111. The van der Waals surface area contributed by atoms with E-state index in [0.717, 1.165) is 5.56 Å². The Kier molecular flexibility index (Phi) is 3.74. The maximum atomic E-state index is 12.3. The van der Waals surface area contributed by atoms with Gasteiger partial charge in [0.2, 0.25) is 11.9 Å². The summed E-state index contributed by atoms with van der Waals surface area (Å²) in [6.07, 6.45) is 0.270. The van der Waals surface area contributed by atoms with Gasteiger partial charge in [-0.05, 0) is 17.7 Å². The molecule has 0 unspecified atom stereocenters. The van der Waals surface area contributed by atoms with Crippen LogP contribution in [0.2, 0.25) is 0 Å². The molecule has 0 spiro atoms. The van der Waals surface area contributed by atoms with E-state index in [4.69, 9.17) is 0 Å². The molecule has 0 fully saturated rings. The van der Waals surface area contributed by atoms with Gasteiger partial charge in [0.05, 0.1) is 12.5 Å². The van der Waals surface area contributed by atoms with Gasteiger partial charge in [0.25, 0.3) is 11.9 Å². The fourth-order valence-electron chi connectivity index (χ4n) is 2.81. The largest absolute Gasteiger partial charge is 0.295 e. The Morgan fingerprint density at radius 3 is 2.48 bits per heavy atom. The van der Waals surface area contributed by atoms with E-state index in [0.29, 0.717) is 11.5 Å². The Labute approximate surface area is 143 Å². The Morgan fingerprint density at radius 2 is 1.76 bits per heavy atom. The highest BCUT2D eigenvalue weighted by Gasteiger charge is 2.29. The first kappa shape index (κ1) is 15.1. The SMILES string of the molecule is O=C1C[C@@H](c2ccccc2)n2nc(NC(=O)c3ccccc3)nc2N1. The zero-order chi connectivity index (χ0) is 17.2. The van der Waals surface area contributed by atoms with E-state index in [1.165, 1.54) is 0 Å². The fourth-order valence-corrected chi connectivity index (χ4v) is 2.81. The number of hydrogen-bond donors (Lipinski definition) is 2. The summed E-state index contributed by atoms with van der Waals surface area (Å²) in [5, 5.41) is 9.73. The zero-order valence-corrected chi connectivity index (χ0v) is 13.2. The van der Waals surface area contributed by atoms with Crippen molar-refractivity contribution in [2.24, 2.45) is 0 Å². The first-order valence-electron chi connectivity index (χ1n) is 7.88. The first-order chi connectivity index (χ1) is 12.2. The summed E-state index contributed by atoms with van der Waals surface area (Å²) < 4.78 is 1.64. The average molecular weight is 333 g/mol. The number of anilines is 2. The van der Waals surface area contributed by atoms with Crippen LogP contribution in [0.1, 0.15) is 28.4 Å². The third kappa shape index (κ3) is 2.99. The van der Waals surface area contributed by atoms with Gasteiger partial charge in [-0.2, -0.15) is 4.98 Å². The molecule has 1 aliphatic rings. The van der Waals surface area contributed by atoms with E-state index in [9.17, 15) is 9.59 Å². The predicted molar refractivity (Wildman–Crippen MR) is 92.2 cm³/mol. The van der Waals surface area contributed by atoms with E-state index in [2.05, 4.69) is 20.7 Å². The molecule has 7 heteroatoms. The van der Waals surface area contributed by atoms with Crippen LogP contribution in [-0.2, 0) is 4.79 Å². The van der Waals surface area contributed by atoms with Gasteiger partial charge >= 0.3 is 0 Å². The molecule has 4 rings (SSSR count). The Hall–Kier alpha value is -3.48. The predicted octanol–water partition coefficient (Wildman–Crippen LogP) is 2.46. The monoisotopic (exact) mass is 333 g/mol. The lowest BCUT2D eigenvalue weighted by Crippen LogP contribution is -2.29. The minimum Gasteiger partial charge on any atom is -0.295 e. The molecule has 2 aromatic carbocycles. The third-order valence-corrected chi connectivity index (χ3v) is 4.00. The first-order valence-corrected chi connectivity index (χ1v) is 7.88. The topological polar surface area (TPSA) is 88.9 Å². The van der Waals surface area contributed by atoms with Crippen molar-refractivity contribution in [3.05, 3.63) is 71.8 Å². The maximum absolute atomic E-state index is 12.3. The number of fused-ring (bicyclic) bond motifs is 1. The molecule has 1 aliphatic heterocycles. The highest BCUT2D eigenvalue weighted by molar-refractivity contribution is 6.03. The number of nitrogens with one attached hydrogen (secondary N) is 2. The molecule has 2 N–H and O–H groups in total. The molecule has 0 saturated heterocycles. The van der Waals surface area contributed by atoms with Gasteiger partial charge in [-0.15, -0.1) is 5.10 Å². The van der Waals surface area contributed by atoms with Gasteiger partial charge in [-0.25, -0.2) is 4.68 Å². The second-order valence-electron chi connectivity index (χ2n) is 5.70. The van der Waals surface area contributed by atoms with Crippen LogP contribution in [0.5, 0.6) is 0 Å². The molecular formula is C18H15N5O2. The van der Waals surface area contributed by atoms with Crippen molar-refractivity contribution >= 4 is 23.7 Å². The van der Waals surface area contributed by atoms with Crippen molar-refractivity contribution in [1.82, 2.24) is 14.8 Å². The molecule has 1 aromatic heterocycles. The van der Waals surface area contributed by atoms with Crippen LogP contribution in [0.3, 0.4) is 0 Å². The number of nitrogens with zero attached hydrogens (tertiary/aromatic N) is 3. The zero-order valence-electron chi connectivity index (χ0n) is 13.2. The van der Waals surface area contributed by atoms with Crippen molar-refractivity contribution < 1.29 is 9.59 Å². The number of aromatic nitrogens is 3. The Balaban J connectivity index is 1.63. The molecule has 3 aromatic rings. The van der Waals surface area contributed by atoms with E-state index in [1.807, 2.05) is 36.4 Å². The summed E-state index contributed by atoms with van der Waals surface area (Å²) in [4.78, 5) is 28.5. The number of carbonyl (C=O) groups is 2. The molecular weight excluding hydrogens is 318 g/mol. The van der Waals surface area contributed by atoms with Gasteiger partial charge in [0.1, 0.15) is 0 Å². The highest BCUT2D eigenvalue weighted by atomic mass is 16.2. The third-order valence-electron chi connectivity index (χ3n) is 4.00. The normalized spacial score (nSPS) is 16.0. The number of amides is 2. The molecule has 0 radical (unpaired) electrons. The van der Waals surface area contributed by atoms with E-state index < -0.39 is 0 Å². The summed E-state index contributed by atoms with van der Waals surface area (Å²) in [5.41, 5.74) is 1.48. The van der Waals surface area contributed by atoms with Crippen LogP contribution in [0.25, 0.3) is 0 Å². The van der Waals surface area contributed by atoms with Crippen LogP contribution >= 0.6 is 0 Å². The van der Waals surface area contributed by atoms with Crippen LogP contribution in [0.4, 0.5) is 11.9 Å². The summed E-state index contributed by atoms with van der Waals surface area (Å²) in [6, 6.07) is 18.2. The highest BCUT2D eigenvalue weighted by Crippen LogP contribution is 2.29. The van der Waals surface area contributed by atoms with Crippen molar-refractivity contribution in [2.75, 3.05) is 10.6 Å². The van der Waals surface area contributed by atoms with E-state index in [-0.39, 0.29) is 30.2 Å². The summed E-state index contributed by atoms with van der Waals surface area (Å²) in [5.74, 6) is 0.0567. The van der Waals surface area contributed by atoms with Crippen LogP contribution in [-0.4, -0.2) is 26.6 Å². The maximum Gasteiger partial charge on any atom is 0.258 e. The van der Waals surface area contributed by atoms with Crippen LogP contribution in [0.15, 0.2) is 60.7 Å². The lowest BCUT2D eigenvalue weighted by Gasteiger charge is -2.23. The number of benzene rings is 2. The average Bonchev–Trinajstić information content (AvgIpc) is 3.04. The van der Waals surface area contributed by atoms with Crippen molar-refractivity contribution in [3.63, 3.8) is 0 Å². The molecule has 2 amide bonds. The van der Waals surface area contributed by atoms with Crippen LogP contribution < -0.4 is 10.6 Å². The number of rotatable bonds is 3. The summed E-state index contributed by atoms with van der Waals surface area (Å²) in [7, 11) is 0. The molecule has 1 atom stereocenters. The molecule has 124 valence electrons. The van der Waals surface area contributed by atoms with Crippen molar-refractivity contribution in [2.45, 2.75) is 12.5 Å². The lowest BCUT2D eigenvalue weighted by atomic mass is 10.0. The smallest absolute Gasteiger partial charge is 0.258 e. The van der Waals surface area contributed by atoms with E-state index >= 15 is 0 Å². The minimum atomic E-state index is -0.300. The quantitative estimate of drug-likeness (QED) is 0.770. The number of carbonyl (C=O) groups excluding carboxylic acids is 2. The van der Waals surface area contributed by atoms with Crippen molar-refractivity contribution in [1.29, 1.82) is 0 Å². The van der Waals surface area contributed by atoms with Gasteiger partial charge in [0, 0.05) is 5.56 Å². The Morgan fingerprint density at radius 1 is 1.08 bits per heavy atom. The van der Waals surface area contributed by atoms with Gasteiger partial charge < -0.3 is 0 Å². The molecule has 25 heavy (non-hydrogen) atoms. The summed E-state index contributed by atoms with van der Waals surface area (Å²) in [6.45, 7) is 0. The van der Waals surface area contributed by atoms with Gasteiger partial charge in [-0.1, -0.05) is 48.5 Å². The van der Waals surface area contributed by atoms with Gasteiger partial charge in [0.15, 0.2) is 0 Å². The standard InChI is InChI=1S/C18H15N5O2/c24-15-11-14(12-7-3-1-4-8-12)23-18(19-15)21-17(22-23)20-16(25)13-9-5-2-6-10-13/h1-10,14H,11H2,(H2,19,20,21,22,24,25)/t14-/m0/s1. The molecule has 0 bridgehead atoms. The molecule has 0 aliphatic carbocycles. The van der Waals surface area contributed by atoms with Gasteiger partial charge in [-0.3, -0.25) is 20.2 Å².